The number of halogens is 4. The minimum Gasteiger partial charge on any atom is -0.381 e. The molecule has 2 aromatic rings. The molecule has 1 saturated heterocycles. The zero-order chi connectivity index (χ0) is 21.0. The molecular formula is C18H18F4N4O3. The van der Waals surface area contributed by atoms with Gasteiger partial charge in [0.2, 0.25) is 5.95 Å². The van der Waals surface area contributed by atoms with E-state index in [1.54, 1.807) is 0 Å². The lowest BCUT2D eigenvalue weighted by Crippen LogP contribution is -2.43. The molecule has 1 unspecified atom stereocenters. The van der Waals surface area contributed by atoms with Gasteiger partial charge in [0.05, 0.1) is 5.56 Å². The molecule has 3 rings (SSSR count). The smallest absolute Gasteiger partial charge is 0.381 e. The van der Waals surface area contributed by atoms with Crippen LogP contribution in [-0.2, 0) is 10.9 Å². The van der Waals surface area contributed by atoms with Crippen LogP contribution in [0.3, 0.4) is 0 Å². The van der Waals surface area contributed by atoms with Gasteiger partial charge < -0.3 is 20.5 Å². The number of anilines is 2. The average Bonchev–Trinajstić information content (AvgIpc) is 2.68. The van der Waals surface area contributed by atoms with E-state index in [1.165, 1.54) is 18.2 Å². The van der Waals surface area contributed by atoms with Crippen LogP contribution in [-0.4, -0.2) is 40.4 Å². The Morgan fingerprint density at radius 2 is 2.00 bits per heavy atom. The van der Waals surface area contributed by atoms with Gasteiger partial charge in [-0.25, -0.2) is 14.4 Å². The van der Waals surface area contributed by atoms with Crippen LogP contribution in [0.2, 0.25) is 0 Å². The summed E-state index contributed by atoms with van der Waals surface area (Å²) in [7, 11) is 0. The van der Waals surface area contributed by atoms with Gasteiger partial charge >= 0.3 is 6.18 Å². The van der Waals surface area contributed by atoms with Gasteiger partial charge in [-0.1, -0.05) is 6.07 Å². The summed E-state index contributed by atoms with van der Waals surface area (Å²) < 4.78 is 58.7. The SMILES string of the molecule is O=C(NC(O)C1CCOCC1)c1cnc(Nc2cccc(F)c2)nc1C(F)(F)F. The Morgan fingerprint density at radius 3 is 2.66 bits per heavy atom. The third kappa shape index (κ3) is 5.39. The second kappa shape index (κ2) is 8.70. The minimum absolute atomic E-state index is 0.144. The fraction of sp³-hybridized carbons (Fsp3) is 0.389. The maximum atomic E-state index is 13.4. The van der Waals surface area contributed by atoms with Crippen LogP contribution >= 0.6 is 0 Å². The van der Waals surface area contributed by atoms with Crippen LogP contribution < -0.4 is 10.6 Å². The van der Waals surface area contributed by atoms with Crippen LogP contribution in [0.1, 0.15) is 28.9 Å². The van der Waals surface area contributed by atoms with Crippen LogP contribution in [0.15, 0.2) is 30.5 Å². The standard InChI is InChI=1S/C18H18F4N4O3/c19-11-2-1-3-12(8-11)24-17-23-9-13(14(25-17)18(20,21)22)16(28)26-15(27)10-4-6-29-7-5-10/h1-3,8-10,15,27H,4-7H2,(H,26,28)(H,23,24,25). The molecule has 11 heteroatoms. The lowest BCUT2D eigenvalue weighted by molar-refractivity contribution is -0.141. The maximum Gasteiger partial charge on any atom is 0.434 e. The number of nitrogens with one attached hydrogen (secondary N) is 2. The number of alkyl halides is 3. The number of benzene rings is 1. The fourth-order valence-corrected chi connectivity index (χ4v) is 2.88. The van der Waals surface area contributed by atoms with Gasteiger partial charge in [-0.3, -0.25) is 4.79 Å². The summed E-state index contributed by atoms with van der Waals surface area (Å²) in [5.41, 5.74) is -2.15. The highest BCUT2D eigenvalue weighted by Gasteiger charge is 2.38. The number of hydrogen-bond donors (Lipinski definition) is 3. The van der Waals surface area contributed by atoms with Crippen molar-refractivity contribution in [2.45, 2.75) is 25.2 Å². The lowest BCUT2D eigenvalue weighted by Gasteiger charge is -2.27. The van der Waals surface area contributed by atoms with Crippen molar-refractivity contribution in [2.75, 3.05) is 18.5 Å². The van der Waals surface area contributed by atoms with E-state index in [4.69, 9.17) is 4.74 Å². The monoisotopic (exact) mass is 414 g/mol. The topological polar surface area (TPSA) is 96.4 Å². The molecule has 1 atom stereocenters. The molecule has 1 aliphatic heterocycles. The number of ether oxygens (including phenoxy) is 1. The molecule has 3 N–H and O–H groups in total. The van der Waals surface area contributed by atoms with Gasteiger partial charge in [0.25, 0.3) is 5.91 Å². The van der Waals surface area contributed by atoms with Gasteiger partial charge in [-0.2, -0.15) is 13.2 Å². The van der Waals surface area contributed by atoms with Crippen molar-refractivity contribution in [1.29, 1.82) is 0 Å². The highest BCUT2D eigenvalue weighted by atomic mass is 19.4. The quantitative estimate of drug-likeness (QED) is 0.514. The van der Waals surface area contributed by atoms with Crippen molar-refractivity contribution in [1.82, 2.24) is 15.3 Å². The summed E-state index contributed by atoms with van der Waals surface area (Å²) in [6.45, 7) is 0.796. The van der Waals surface area contributed by atoms with E-state index in [9.17, 15) is 27.5 Å². The van der Waals surface area contributed by atoms with E-state index < -0.39 is 41.3 Å². The maximum absolute atomic E-state index is 13.4. The third-order valence-corrected chi connectivity index (χ3v) is 4.37. The summed E-state index contributed by atoms with van der Waals surface area (Å²) in [5.74, 6) is -2.51. The van der Waals surface area contributed by atoms with Gasteiger partial charge in [0.1, 0.15) is 12.0 Å². The number of rotatable bonds is 5. The van der Waals surface area contributed by atoms with E-state index in [0.717, 1.165) is 6.07 Å². The fourth-order valence-electron chi connectivity index (χ4n) is 2.88. The highest BCUT2D eigenvalue weighted by molar-refractivity contribution is 5.95. The first-order chi connectivity index (χ1) is 13.7. The van der Waals surface area contributed by atoms with Crippen molar-refractivity contribution < 1.29 is 32.2 Å². The summed E-state index contributed by atoms with van der Waals surface area (Å²) in [5, 5.41) is 14.7. The molecule has 0 radical (unpaired) electrons. The normalized spacial score (nSPS) is 16.3. The Bertz CT molecular complexity index is 872. The molecule has 1 amide bonds. The Kier molecular flexibility index (Phi) is 6.28. The zero-order valence-electron chi connectivity index (χ0n) is 15.0. The second-order valence-electron chi connectivity index (χ2n) is 6.46. The Morgan fingerprint density at radius 1 is 1.28 bits per heavy atom. The Hall–Kier alpha value is -2.79. The van der Waals surface area contributed by atoms with Crippen molar-refractivity contribution in [3.8, 4) is 0 Å². The van der Waals surface area contributed by atoms with Gasteiger partial charge in [-0.05, 0) is 31.0 Å². The molecule has 0 bridgehead atoms. The van der Waals surface area contributed by atoms with Gasteiger partial charge in [-0.15, -0.1) is 0 Å². The number of nitrogens with zero attached hydrogens (tertiary/aromatic N) is 2. The molecule has 1 aliphatic rings. The molecule has 1 fully saturated rings. The molecule has 0 saturated carbocycles. The van der Waals surface area contributed by atoms with Crippen LogP contribution in [0.5, 0.6) is 0 Å². The van der Waals surface area contributed by atoms with Gasteiger partial charge in [0, 0.05) is 31.0 Å². The first-order valence-electron chi connectivity index (χ1n) is 8.77. The van der Waals surface area contributed by atoms with E-state index in [-0.39, 0.29) is 11.6 Å². The molecule has 0 aliphatic carbocycles. The third-order valence-electron chi connectivity index (χ3n) is 4.37. The molecule has 2 heterocycles. The summed E-state index contributed by atoms with van der Waals surface area (Å²) in [6, 6.07) is 5.01. The van der Waals surface area contributed by atoms with E-state index in [0.29, 0.717) is 32.3 Å². The zero-order valence-corrected chi connectivity index (χ0v) is 15.0. The molecule has 1 aromatic heterocycles. The van der Waals surface area contributed by atoms with Gasteiger partial charge in [0.15, 0.2) is 5.69 Å². The minimum atomic E-state index is -4.95. The predicted molar refractivity (Wildman–Crippen MR) is 93.7 cm³/mol. The molecule has 156 valence electrons. The number of hydrogen-bond acceptors (Lipinski definition) is 6. The van der Waals surface area contributed by atoms with E-state index >= 15 is 0 Å². The number of aliphatic hydroxyl groups excluding tert-OH is 1. The molecule has 0 spiro atoms. The summed E-state index contributed by atoms with van der Waals surface area (Å²) >= 11 is 0. The van der Waals surface area contributed by atoms with Crippen LogP contribution in [0.25, 0.3) is 0 Å². The Labute approximate surface area is 163 Å². The molecule has 29 heavy (non-hydrogen) atoms. The number of aliphatic hydroxyl groups is 1. The molecule has 1 aromatic carbocycles. The van der Waals surface area contributed by atoms with E-state index in [2.05, 4.69) is 20.6 Å². The van der Waals surface area contributed by atoms with Crippen molar-refractivity contribution in [3.63, 3.8) is 0 Å². The van der Waals surface area contributed by atoms with Crippen LogP contribution in [0.4, 0.5) is 29.2 Å². The number of carbonyl (C=O) groups excluding carboxylic acids is 1. The molecular weight excluding hydrogens is 396 g/mol. The van der Waals surface area contributed by atoms with E-state index in [1.807, 2.05) is 0 Å². The predicted octanol–water partition coefficient (Wildman–Crippen LogP) is 2.85. The molecule has 7 nitrogen and oxygen atoms in total. The van der Waals surface area contributed by atoms with Crippen molar-refractivity contribution in [3.05, 3.63) is 47.5 Å². The number of amides is 1. The van der Waals surface area contributed by atoms with Crippen molar-refractivity contribution >= 4 is 17.5 Å². The number of aromatic nitrogens is 2. The average molecular weight is 414 g/mol. The first kappa shape index (κ1) is 20.9. The number of carbonyl (C=O) groups is 1. The summed E-state index contributed by atoms with van der Waals surface area (Å²) in [4.78, 5) is 19.4. The van der Waals surface area contributed by atoms with Crippen molar-refractivity contribution in [2.24, 2.45) is 5.92 Å². The first-order valence-corrected chi connectivity index (χ1v) is 8.77. The largest absolute Gasteiger partial charge is 0.434 e. The lowest BCUT2D eigenvalue weighted by atomic mass is 9.98. The Balaban J connectivity index is 1.81. The summed E-state index contributed by atoms with van der Waals surface area (Å²) in [6.07, 6.45) is -4.61. The second-order valence-corrected chi connectivity index (χ2v) is 6.46. The highest BCUT2D eigenvalue weighted by Crippen LogP contribution is 2.31. The van der Waals surface area contributed by atoms with Crippen LogP contribution in [0, 0.1) is 11.7 Å².